The predicted molar refractivity (Wildman–Crippen MR) is 90.0 cm³/mol. The third-order valence-corrected chi connectivity index (χ3v) is 4.25. The van der Waals surface area contributed by atoms with E-state index in [-0.39, 0.29) is 6.04 Å². The summed E-state index contributed by atoms with van der Waals surface area (Å²) in [7, 11) is 2.06. The largest absolute Gasteiger partial charge is 0.388 e. The van der Waals surface area contributed by atoms with Crippen LogP contribution < -0.4 is 4.90 Å². The number of aliphatic hydroxyl groups excluding tert-OH is 1. The molecule has 0 aromatic heterocycles. The maximum Gasteiger partial charge on any atom is 0.0807 e. The summed E-state index contributed by atoms with van der Waals surface area (Å²) in [5, 5.41) is 10.9. The van der Waals surface area contributed by atoms with Gasteiger partial charge in [-0.2, -0.15) is 0 Å². The average Bonchev–Trinajstić information content (AvgIpc) is 2.53. The van der Waals surface area contributed by atoms with Crippen LogP contribution in [0.2, 0.25) is 5.02 Å². The molecule has 1 N–H and O–H groups in total. The van der Waals surface area contributed by atoms with E-state index >= 15 is 0 Å². The molecule has 0 saturated heterocycles. The fourth-order valence-electron chi connectivity index (χ4n) is 2.48. The summed E-state index contributed by atoms with van der Waals surface area (Å²) >= 11 is 5.95. The van der Waals surface area contributed by atoms with Gasteiger partial charge in [-0.3, -0.25) is 0 Å². The van der Waals surface area contributed by atoms with Crippen LogP contribution in [-0.2, 0) is 0 Å². The van der Waals surface area contributed by atoms with Crippen molar-refractivity contribution in [1.29, 1.82) is 0 Å². The number of rotatable bonds is 5. The molecule has 2 rings (SSSR count). The van der Waals surface area contributed by atoms with Crippen molar-refractivity contribution in [2.75, 3.05) is 11.9 Å². The van der Waals surface area contributed by atoms with Crippen LogP contribution in [0.15, 0.2) is 48.5 Å². The Morgan fingerprint density at radius 3 is 2.33 bits per heavy atom. The van der Waals surface area contributed by atoms with Crippen LogP contribution in [-0.4, -0.2) is 12.2 Å². The van der Waals surface area contributed by atoms with Crippen LogP contribution in [0.3, 0.4) is 0 Å². The van der Waals surface area contributed by atoms with Gasteiger partial charge in [-0.05, 0) is 37.1 Å². The second kappa shape index (κ2) is 6.97. The molecule has 0 fully saturated rings. The molecule has 0 saturated carbocycles. The second-order valence-corrected chi connectivity index (χ2v) is 5.76. The minimum absolute atomic E-state index is 0.201. The van der Waals surface area contributed by atoms with Crippen LogP contribution in [0.4, 0.5) is 5.69 Å². The van der Waals surface area contributed by atoms with Gasteiger partial charge in [0.15, 0.2) is 0 Å². The third kappa shape index (κ3) is 3.58. The van der Waals surface area contributed by atoms with Crippen molar-refractivity contribution in [3.05, 3.63) is 64.7 Å². The number of benzene rings is 2. The van der Waals surface area contributed by atoms with Crippen molar-refractivity contribution < 1.29 is 5.11 Å². The first-order valence-electron chi connectivity index (χ1n) is 7.29. The van der Waals surface area contributed by atoms with Crippen LogP contribution in [0.5, 0.6) is 0 Å². The smallest absolute Gasteiger partial charge is 0.0807 e. The maximum absolute atomic E-state index is 10.2. The fourth-order valence-corrected chi connectivity index (χ4v) is 2.61. The molecule has 0 heterocycles. The second-order valence-electron chi connectivity index (χ2n) is 5.32. The lowest BCUT2D eigenvalue weighted by molar-refractivity contribution is 0.174. The number of halogens is 1. The highest BCUT2D eigenvalue weighted by atomic mass is 35.5. The van der Waals surface area contributed by atoms with Crippen molar-refractivity contribution in [2.45, 2.75) is 32.4 Å². The van der Waals surface area contributed by atoms with Crippen LogP contribution >= 0.6 is 11.6 Å². The van der Waals surface area contributed by atoms with Crippen molar-refractivity contribution in [2.24, 2.45) is 0 Å². The summed E-state index contributed by atoms with van der Waals surface area (Å²) in [6.45, 7) is 4.14. The van der Waals surface area contributed by atoms with Crippen molar-refractivity contribution in [3.63, 3.8) is 0 Å². The molecule has 0 spiro atoms. The molecule has 21 heavy (non-hydrogen) atoms. The zero-order valence-corrected chi connectivity index (χ0v) is 13.5. The van der Waals surface area contributed by atoms with Gasteiger partial charge in [0, 0.05) is 23.3 Å². The van der Waals surface area contributed by atoms with Crippen LogP contribution in [0.25, 0.3) is 0 Å². The molecular formula is C18H22ClNO. The van der Waals surface area contributed by atoms with Gasteiger partial charge in [-0.25, -0.2) is 0 Å². The Hall–Kier alpha value is -1.51. The Labute approximate surface area is 132 Å². The number of para-hydroxylation sites is 1. The van der Waals surface area contributed by atoms with E-state index in [1.807, 2.05) is 49.4 Å². The molecular weight excluding hydrogens is 282 g/mol. The highest BCUT2D eigenvalue weighted by molar-refractivity contribution is 6.30. The van der Waals surface area contributed by atoms with Gasteiger partial charge in [0.05, 0.1) is 12.1 Å². The lowest BCUT2D eigenvalue weighted by Crippen LogP contribution is -2.23. The first-order valence-corrected chi connectivity index (χ1v) is 7.67. The van der Waals surface area contributed by atoms with Crippen LogP contribution in [0, 0.1) is 0 Å². The number of aliphatic hydroxyl groups is 1. The normalized spacial score (nSPS) is 13.8. The van der Waals surface area contributed by atoms with Crippen molar-refractivity contribution in [1.82, 2.24) is 0 Å². The quantitative estimate of drug-likeness (QED) is 0.842. The molecule has 2 aromatic carbocycles. The van der Waals surface area contributed by atoms with E-state index in [0.717, 1.165) is 16.3 Å². The zero-order valence-electron chi connectivity index (χ0n) is 12.8. The molecule has 3 heteroatoms. The summed E-state index contributed by atoms with van der Waals surface area (Å²) in [4.78, 5) is 2.19. The molecule has 0 bridgehead atoms. The van der Waals surface area contributed by atoms with E-state index in [1.165, 1.54) is 5.56 Å². The van der Waals surface area contributed by atoms with Crippen LogP contribution in [0.1, 0.15) is 43.5 Å². The maximum atomic E-state index is 10.2. The minimum atomic E-state index is -0.430. The van der Waals surface area contributed by atoms with Gasteiger partial charge < -0.3 is 10.0 Å². The van der Waals surface area contributed by atoms with Gasteiger partial charge in [0.1, 0.15) is 0 Å². The molecule has 2 atom stereocenters. The van der Waals surface area contributed by atoms with E-state index in [2.05, 4.69) is 24.9 Å². The van der Waals surface area contributed by atoms with E-state index in [1.54, 1.807) is 0 Å². The molecule has 112 valence electrons. The Morgan fingerprint density at radius 2 is 1.71 bits per heavy atom. The van der Waals surface area contributed by atoms with E-state index < -0.39 is 6.10 Å². The first-order chi connectivity index (χ1) is 10.0. The summed E-state index contributed by atoms with van der Waals surface area (Å²) in [6, 6.07) is 16.1. The van der Waals surface area contributed by atoms with E-state index in [4.69, 9.17) is 11.6 Å². The number of hydrogen-bond donors (Lipinski definition) is 1. The lowest BCUT2D eigenvalue weighted by Gasteiger charge is -2.30. The molecule has 2 aromatic rings. The Kier molecular flexibility index (Phi) is 5.27. The molecule has 2 unspecified atom stereocenters. The number of nitrogens with zero attached hydrogens (tertiary/aromatic N) is 1. The van der Waals surface area contributed by atoms with Gasteiger partial charge in [-0.1, -0.05) is 48.9 Å². The third-order valence-electron chi connectivity index (χ3n) is 4.00. The van der Waals surface area contributed by atoms with Gasteiger partial charge in [0.2, 0.25) is 0 Å². The standard InChI is InChI=1S/C18H22ClNO/c1-4-18(21)16-7-5-6-8-17(16)20(3)13(2)14-9-11-15(19)12-10-14/h5-13,18,21H,4H2,1-3H3. The molecule has 0 radical (unpaired) electrons. The first kappa shape index (κ1) is 15.9. The topological polar surface area (TPSA) is 23.5 Å². The molecule has 0 aliphatic heterocycles. The number of hydrogen-bond acceptors (Lipinski definition) is 2. The molecule has 0 amide bonds. The summed E-state index contributed by atoms with van der Waals surface area (Å²) in [6.07, 6.45) is 0.279. The van der Waals surface area contributed by atoms with Gasteiger partial charge in [0.25, 0.3) is 0 Å². The zero-order chi connectivity index (χ0) is 15.4. The highest BCUT2D eigenvalue weighted by Gasteiger charge is 2.18. The lowest BCUT2D eigenvalue weighted by atomic mass is 10.0. The SMILES string of the molecule is CCC(O)c1ccccc1N(C)C(C)c1ccc(Cl)cc1. The van der Waals surface area contributed by atoms with E-state index in [0.29, 0.717) is 6.42 Å². The Balaban J connectivity index is 2.31. The average molecular weight is 304 g/mol. The van der Waals surface area contributed by atoms with E-state index in [9.17, 15) is 5.11 Å². The predicted octanol–water partition coefficient (Wildman–Crippen LogP) is 4.98. The summed E-state index contributed by atoms with van der Waals surface area (Å²) in [5.41, 5.74) is 3.24. The Morgan fingerprint density at radius 1 is 1.10 bits per heavy atom. The molecule has 0 aliphatic carbocycles. The van der Waals surface area contributed by atoms with Gasteiger partial charge in [-0.15, -0.1) is 0 Å². The Bertz CT molecular complexity index is 582. The monoisotopic (exact) mass is 303 g/mol. The highest BCUT2D eigenvalue weighted by Crippen LogP contribution is 2.32. The van der Waals surface area contributed by atoms with Crippen molar-refractivity contribution in [3.8, 4) is 0 Å². The minimum Gasteiger partial charge on any atom is -0.388 e. The van der Waals surface area contributed by atoms with Crippen molar-refractivity contribution >= 4 is 17.3 Å². The van der Waals surface area contributed by atoms with Gasteiger partial charge >= 0.3 is 0 Å². The summed E-state index contributed by atoms with van der Waals surface area (Å²) in [5.74, 6) is 0. The molecule has 0 aliphatic rings. The molecule has 2 nitrogen and oxygen atoms in total. The fraction of sp³-hybridized carbons (Fsp3) is 0.333. The summed E-state index contributed by atoms with van der Waals surface area (Å²) < 4.78 is 0. The number of anilines is 1.